The molecule has 0 unspecified atom stereocenters. The summed E-state index contributed by atoms with van der Waals surface area (Å²) in [5.74, 6) is 0.884. The van der Waals surface area contributed by atoms with Crippen molar-refractivity contribution in [3.05, 3.63) is 28.8 Å². The Morgan fingerprint density at radius 1 is 1.35 bits per heavy atom. The lowest BCUT2D eigenvalue weighted by Crippen LogP contribution is -2.37. The molecular weight excluding hydrogens is 276 g/mol. The molecule has 5 heteroatoms. The predicted octanol–water partition coefficient (Wildman–Crippen LogP) is 2.16. The standard InChI is InChI=1S/C15H23ClN2O2/c1-19-15-4-3-14(16)11-13(15)12-17-5-2-6-18-7-9-20-10-8-18/h3-4,11,17H,2,5-10,12H2,1H3. The maximum absolute atomic E-state index is 6.01. The van der Waals surface area contributed by atoms with Gasteiger partial charge in [-0.1, -0.05) is 11.6 Å². The first kappa shape index (κ1) is 15.6. The number of hydrogen-bond acceptors (Lipinski definition) is 4. The van der Waals surface area contributed by atoms with Gasteiger partial charge in [-0.3, -0.25) is 4.90 Å². The van der Waals surface area contributed by atoms with E-state index in [2.05, 4.69) is 10.2 Å². The van der Waals surface area contributed by atoms with Gasteiger partial charge in [-0.05, 0) is 37.7 Å². The van der Waals surface area contributed by atoms with Gasteiger partial charge in [0.1, 0.15) is 5.75 Å². The van der Waals surface area contributed by atoms with E-state index in [1.54, 1.807) is 7.11 Å². The average molecular weight is 299 g/mol. The van der Waals surface area contributed by atoms with Crippen LogP contribution in [-0.2, 0) is 11.3 Å². The van der Waals surface area contributed by atoms with Crippen LogP contribution in [0.1, 0.15) is 12.0 Å². The van der Waals surface area contributed by atoms with Gasteiger partial charge >= 0.3 is 0 Å². The number of benzene rings is 1. The van der Waals surface area contributed by atoms with Gasteiger partial charge in [0.05, 0.1) is 20.3 Å². The van der Waals surface area contributed by atoms with Gasteiger partial charge in [-0.2, -0.15) is 0 Å². The zero-order valence-corrected chi connectivity index (χ0v) is 12.8. The van der Waals surface area contributed by atoms with Gasteiger partial charge in [0, 0.05) is 30.2 Å². The Kier molecular flexibility index (Phi) is 6.60. The average Bonchev–Trinajstić information content (AvgIpc) is 2.48. The summed E-state index contributed by atoms with van der Waals surface area (Å²) in [4.78, 5) is 2.45. The molecule has 0 amide bonds. The third kappa shape index (κ3) is 4.94. The second kappa shape index (κ2) is 8.47. The fraction of sp³-hybridized carbons (Fsp3) is 0.600. The van der Waals surface area contributed by atoms with E-state index in [-0.39, 0.29) is 0 Å². The molecule has 0 saturated carbocycles. The fourth-order valence-electron chi connectivity index (χ4n) is 2.36. The van der Waals surface area contributed by atoms with E-state index < -0.39 is 0 Å². The maximum atomic E-state index is 6.01. The van der Waals surface area contributed by atoms with Gasteiger partial charge in [0.25, 0.3) is 0 Å². The number of methoxy groups -OCH3 is 1. The van der Waals surface area contributed by atoms with Crippen LogP contribution in [0, 0.1) is 0 Å². The molecule has 1 aromatic rings. The highest BCUT2D eigenvalue weighted by atomic mass is 35.5. The van der Waals surface area contributed by atoms with E-state index >= 15 is 0 Å². The Morgan fingerprint density at radius 3 is 2.90 bits per heavy atom. The number of hydrogen-bond donors (Lipinski definition) is 1. The number of nitrogens with zero attached hydrogens (tertiary/aromatic N) is 1. The van der Waals surface area contributed by atoms with E-state index in [0.29, 0.717) is 0 Å². The summed E-state index contributed by atoms with van der Waals surface area (Å²) >= 11 is 6.01. The van der Waals surface area contributed by atoms with Gasteiger partial charge in [0.2, 0.25) is 0 Å². The van der Waals surface area contributed by atoms with Crippen LogP contribution in [0.5, 0.6) is 5.75 Å². The number of halogens is 1. The van der Waals surface area contributed by atoms with Crippen molar-refractivity contribution in [3.63, 3.8) is 0 Å². The molecule has 0 aliphatic carbocycles. The maximum Gasteiger partial charge on any atom is 0.123 e. The fourth-order valence-corrected chi connectivity index (χ4v) is 2.56. The van der Waals surface area contributed by atoms with E-state index in [1.807, 2.05) is 18.2 Å². The van der Waals surface area contributed by atoms with E-state index in [1.165, 1.54) is 0 Å². The molecule has 0 radical (unpaired) electrons. The lowest BCUT2D eigenvalue weighted by Gasteiger charge is -2.26. The van der Waals surface area contributed by atoms with Crippen LogP contribution in [0.15, 0.2) is 18.2 Å². The molecule has 0 spiro atoms. The molecule has 0 bridgehead atoms. The highest BCUT2D eigenvalue weighted by Crippen LogP contribution is 2.22. The highest BCUT2D eigenvalue weighted by Gasteiger charge is 2.09. The quantitative estimate of drug-likeness (QED) is 0.782. The molecule has 112 valence electrons. The summed E-state index contributed by atoms with van der Waals surface area (Å²) in [6.45, 7) is 6.76. The zero-order valence-electron chi connectivity index (χ0n) is 12.0. The Hall–Kier alpha value is -0.810. The molecule has 1 fully saturated rings. The van der Waals surface area contributed by atoms with Crippen LogP contribution in [-0.4, -0.2) is 51.4 Å². The summed E-state index contributed by atoms with van der Waals surface area (Å²) in [5.41, 5.74) is 1.10. The number of nitrogens with one attached hydrogen (secondary N) is 1. The van der Waals surface area contributed by atoms with Crippen LogP contribution in [0.4, 0.5) is 0 Å². The topological polar surface area (TPSA) is 33.7 Å². The molecule has 1 N–H and O–H groups in total. The Balaban J connectivity index is 1.66. The highest BCUT2D eigenvalue weighted by molar-refractivity contribution is 6.30. The van der Waals surface area contributed by atoms with Crippen molar-refractivity contribution in [1.29, 1.82) is 0 Å². The Morgan fingerprint density at radius 2 is 2.15 bits per heavy atom. The van der Waals surface area contributed by atoms with Crippen molar-refractivity contribution in [2.24, 2.45) is 0 Å². The molecule has 0 aromatic heterocycles. The van der Waals surface area contributed by atoms with Crippen LogP contribution in [0.3, 0.4) is 0 Å². The third-order valence-electron chi connectivity index (χ3n) is 3.49. The van der Waals surface area contributed by atoms with E-state index in [0.717, 1.165) is 68.7 Å². The largest absolute Gasteiger partial charge is 0.496 e. The zero-order chi connectivity index (χ0) is 14.2. The summed E-state index contributed by atoms with van der Waals surface area (Å²) in [7, 11) is 1.69. The minimum atomic E-state index is 0.746. The Labute approximate surface area is 126 Å². The van der Waals surface area contributed by atoms with Crippen LogP contribution >= 0.6 is 11.6 Å². The lowest BCUT2D eigenvalue weighted by molar-refractivity contribution is 0.0374. The van der Waals surface area contributed by atoms with Crippen LogP contribution < -0.4 is 10.1 Å². The second-order valence-electron chi connectivity index (χ2n) is 4.94. The van der Waals surface area contributed by atoms with Gasteiger partial charge in [-0.15, -0.1) is 0 Å². The molecule has 1 heterocycles. The number of morpholine rings is 1. The van der Waals surface area contributed by atoms with Crippen molar-refractivity contribution in [1.82, 2.24) is 10.2 Å². The monoisotopic (exact) mass is 298 g/mol. The van der Waals surface area contributed by atoms with Crippen LogP contribution in [0.2, 0.25) is 5.02 Å². The molecular formula is C15H23ClN2O2. The van der Waals surface area contributed by atoms with Gasteiger partial charge < -0.3 is 14.8 Å². The number of rotatable bonds is 7. The predicted molar refractivity (Wildman–Crippen MR) is 81.6 cm³/mol. The third-order valence-corrected chi connectivity index (χ3v) is 3.72. The minimum Gasteiger partial charge on any atom is -0.496 e. The second-order valence-corrected chi connectivity index (χ2v) is 5.38. The van der Waals surface area contributed by atoms with Crippen LogP contribution in [0.25, 0.3) is 0 Å². The van der Waals surface area contributed by atoms with Crippen molar-refractivity contribution >= 4 is 11.6 Å². The molecule has 20 heavy (non-hydrogen) atoms. The number of ether oxygens (including phenoxy) is 2. The molecule has 2 rings (SSSR count). The summed E-state index contributed by atoms with van der Waals surface area (Å²) in [5, 5.41) is 4.19. The molecule has 1 saturated heterocycles. The molecule has 0 atom stereocenters. The molecule has 1 aliphatic heterocycles. The summed E-state index contributed by atoms with van der Waals surface area (Å²) in [6.07, 6.45) is 1.14. The first-order valence-corrected chi connectivity index (χ1v) is 7.50. The van der Waals surface area contributed by atoms with Gasteiger partial charge in [0.15, 0.2) is 0 Å². The molecule has 4 nitrogen and oxygen atoms in total. The van der Waals surface area contributed by atoms with E-state index in [9.17, 15) is 0 Å². The first-order valence-electron chi connectivity index (χ1n) is 7.13. The molecule has 1 aliphatic rings. The van der Waals surface area contributed by atoms with Crippen molar-refractivity contribution < 1.29 is 9.47 Å². The summed E-state index contributed by atoms with van der Waals surface area (Å²) in [6, 6.07) is 5.71. The SMILES string of the molecule is COc1ccc(Cl)cc1CNCCCN1CCOCC1. The van der Waals surface area contributed by atoms with E-state index in [4.69, 9.17) is 21.1 Å². The van der Waals surface area contributed by atoms with Crippen molar-refractivity contribution in [2.75, 3.05) is 46.5 Å². The van der Waals surface area contributed by atoms with Crippen molar-refractivity contribution in [3.8, 4) is 5.75 Å². The summed E-state index contributed by atoms with van der Waals surface area (Å²) < 4.78 is 10.7. The first-order chi connectivity index (χ1) is 9.79. The molecule has 1 aromatic carbocycles. The smallest absolute Gasteiger partial charge is 0.123 e. The Bertz CT molecular complexity index is 409. The van der Waals surface area contributed by atoms with Gasteiger partial charge in [-0.25, -0.2) is 0 Å². The van der Waals surface area contributed by atoms with Crippen molar-refractivity contribution in [2.45, 2.75) is 13.0 Å². The normalized spacial score (nSPS) is 16.3. The lowest BCUT2D eigenvalue weighted by atomic mass is 10.2. The minimum absolute atomic E-state index is 0.746.